The van der Waals surface area contributed by atoms with Crippen LogP contribution in [0, 0.1) is 0 Å². The predicted molar refractivity (Wildman–Crippen MR) is 66.8 cm³/mol. The second-order valence-electron chi connectivity index (χ2n) is 4.76. The summed E-state index contributed by atoms with van der Waals surface area (Å²) in [6.07, 6.45) is 4.23. The van der Waals surface area contributed by atoms with Crippen molar-refractivity contribution in [2.24, 2.45) is 5.73 Å². The summed E-state index contributed by atoms with van der Waals surface area (Å²) in [6, 6.07) is 6.40. The van der Waals surface area contributed by atoms with Gasteiger partial charge in [0.05, 0.1) is 5.54 Å². The Kier molecular flexibility index (Phi) is 3.20. The molecule has 1 saturated carbocycles. The summed E-state index contributed by atoms with van der Waals surface area (Å²) in [4.78, 5) is 0. The van der Waals surface area contributed by atoms with Crippen LogP contribution in [0.1, 0.15) is 37.8 Å². The first-order chi connectivity index (χ1) is 7.68. The minimum absolute atomic E-state index is 0.0358. The van der Waals surface area contributed by atoms with Crippen LogP contribution >= 0.6 is 0 Å². The van der Waals surface area contributed by atoms with Crippen molar-refractivity contribution in [3.63, 3.8) is 0 Å². The zero-order chi connectivity index (χ0) is 11.6. The molecule has 0 aliphatic heterocycles. The van der Waals surface area contributed by atoms with Crippen LogP contribution in [0.25, 0.3) is 0 Å². The minimum Gasteiger partial charge on any atom is -0.491 e. The summed E-state index contributed by atoms with van der Waals surface area (Å²) in [6.45, 7) is 4.99. The summed E-state index contributed by atoms with van der Waals surface area (Å²) >= 11 is 0. The molecule has 2 N–H and O–H groups in total. The fourth-order valence-corrected chi connectivity index (χ4v) is 1.90. The first-order valence-electron chi connectivity index (χ1n) is 6.21. The fraction of sp³-hybridized carbons (Fsp3) is 0.571. The zero-order valence-electron chi connectivity index (χ0n) is 10.3. The molecule has 0 saturated heterocycles. The molecule has 0 atom stereocenters. The van der Waals surface area contributed by atoms with Gasteiger partial charge in [-0.1, -0.05) is 32.0 Å². The summed E-state index contributed by atoms with van der Waals surface area (Å²) in [5.74, 6) is 1.07. The standard InChI is InChI=1S/C14H21NO/c1-3-11-6-5-7-12(4-2)13(11)16-10-14(15)8-9-14/h5-7H,3-4,8-10,15H2,1-2H3. The van der Waals surface area contributed by atoms with Crippen LogP contribution in [0.2, 0.25) is 0 Å². The van der Waals surface area contributed by atoms with E-state index in [0.717, 1.165) is 31.4 Å². The highest BCUT2D eigenvalue weighted by molar-refractivity contribution is 5.41. The maximum atomic E-state index is 6.05. The molecule has 16 heavy (non-hydrogen) atoms. The van der Waals surface area contributed by atoms with E-state index >= 15 is 0 Å². The fourth-order valence-electron chi connectivity index (χ4n) is 1.90. The number of hydrogen-bond acceptors (Lipinski definition) is 2. The number of nitrogens with two attached hydrogens (primary N) is 1. The molecule has 1 aromatic rings. The minimum atomic E-state index is -0.0358. The Labute approximate surface area is 97.8 Å². The van der Waals surface area contributed by atoms with Crippen LogP contribution < -0.4 is 10.5 Å². The second kappa shape index (κ2) is 4.46. The molecule has 1 aromatic carbocycles. The number of ether oxygens (including phenoxy) is 1. The van der Waals surface area contributed by atoms with Crippen molar-refractivity contribution in [1.29, 1.82) is 0 Å². The maximum absolute atomic E-state index is 6.05. The van der Waals surface area contributed by atoms with Crippen LogP contribution in [0.5, 0.6) is 5.75 Å². The van der Waals surface area contributed by atoms with Crippen LogP contribution in [0.3, 0.4) is 0 Å². The Bertz CT molecular complexity index is 347. The Hall–Kier alpha value is -1.02. The Balaban J connectivity index is 2.15. The molecule has 0 amide bonds. The van der Waals surface area contributed by atoms with Gasteiger partial charge in [-0.15, -0.1) is 0 Å². The SMILES string of the molecule is CCc1cccc(CC)c1OCC1(N)CC1. The van der Waals surface area contributed by atoms with Gasteiger partial charge in [-0.3, -0.25) is 0 Å². The lowest BCUT2D eigenvalue weighted by Crippen LogP contribution is -2.30. The first kappa shape index (κ1) is 11.5. The maximum Gasteiger partial charge on any atom is 0.125 e. The van der Waals surface area contributed by atoms with Gasteiger partial charge < -0.3 is 10.5 Å². The van der Waals surface area contributed by atoms with Crippen molar-refractivity contribution in [2.75, 3.05) is 6.61 Å². The third-order valence-corrected chi connectivity index (χ3v) is 3.34. The van der Waals surface area contributed by atoms with E-state index in [-0.39, 0.29) is 5.54 Å². The van der Waals surface area contributed by atoms with Crippen molar-refractivity contribution < 1.29 is 4.74 Å². The summed E-state index contributed by atoms with van der Waals surface area (Å²) < 4.78 is 5.95. The normalized spacial score (nSPS) is 17.2. The van der Waals surface area contributed by atoms with Gasteiger partial charge in [-0.2, -0.15) is 0 Å². The van der Waals surface area contributed by atoms with E-state index in [9.17, 15) is 0 Å². The topological polar surface area (TPSA) is 35.2 Å². The molecular weight excluding hydrogens is 198 g/mol. The van der Waals surface area contributed by atoms with Gasteiger partial charge in [0.15, 0.2) is 0 Å². The van der Waals surface area contributed by atoms with E-state index < -0.39 is 0 Å². The highest BCUT2D eigenvalue weighted by Gasteiger charge is 2.39. The number of rotatable bonds is 5. The molecule has 0 radical (unpaired) electrons. The highest BCUT2D eigenvalue weighted by atomic mass is 16.5. The van der Waals surface area contributed by atoms with E-state index in [1.807, 2.05) is 0 Å². The van der Waals surface area contributed by atoms with E-state index in [0.29, 0.717) is 6.61 Å². The molecule has 2 nitrogen and oxygen atoms in total. The van der Waals surface area contributed by atoms with Gasteiger partial charge in [-0.25, -0.2) is 0 Å². The van der Waals surface area contributed by atoms with Gasteiger partial charge >= 0.3 is 0 Å². The molecule has 1 aliphatic rings. The molecule has 88 valence electrons. The molecular formula is C14H21NO. The summed E-state index contributed by atoms with van der Waals surface area (Å²) in [5, 5.41) is 0. The molecule has 2 rings (SSSR count). The average Bonchev–Trinajstić information content (AvgIpc) is 3.04. The third-order valence-electron chi connectivity index (χ3n) is 3.34. The Morgan fingerprint density at radius 3 is 2.19 bits per heavy atom. The smallest absolute Gasteiger partial charge is 0.125 e. The second-order valence-corrected chi connectivity index (χ2v) is 4.76. The van der Waals surface area contributed by atoms with Gasteiger partial charge in [0, 0.05) is 0 Å². The summed E-state index contributed by atoms with van der Waals surface area (Å²) in [7, 11) is 0. The molecule has 1 aliphatic carbocycles. The monoisotopic (exact) mass is 219 g/mol. The van der Waals surface area contributed by atoms with Gasteiger partial charge in [0.1, 0.15) is 12.4 Å². The average molecular weight is 219 g/mol. The third kappa shape index (κ3) is 2.38. The predicted octanol–water partition coefficient (Wildman–Crippen LogP) is 2.68. The van der Waals surface area contributed by atoms with Crippen LogP contribution in [0.15, 0.2) is 18.2 Å². The van der Waals surface area contributed by atoms with Crippen LogP contribution in [0.4, 0.5) is 0 Å². The van der Waals surface area contributed by atoms with Gasteiger partial charge in [0.25, 0.3) is 0 Å². The molecule has 0 bridgehead atoms. The molecule has 0 unspecified atom stereocenters. The van der Waals surface area contributed by atoms with Gasteiger partial charge in [0.2, 0.25) is 0 Å². The van der Waals surface area contributed by atoms with E-state index in [1.54, 1.807) is 0 Å². The lowest BCUT2D eigenvalue weighted by molar-refractivity contribution is 0.274. The van der Waals surface area contributed by atoms with Crippen LogP contribution in [-0.4, -0.2) is 12.1 Å². The van der Waals surface area contributed by atoms with E-state index in [2.05, 4.69) is 32.0 Å². The molecule has 1 fully saturated rings. The zero-order valence-corrected chi connectivity index (χ0v) is 10.3. The number of aryl methyl sites for hydroxylation is 2. The van der Waals surface area contributed by atoms with Crippen molar-refractivity contribution in [1.82, 2.24) is 0 Å². The van der Waals surface area contributed by atoms with E-state index in [1.165, 1.54) is 11.1 Å². The lowest BCUT2D eigenvalue weighted by Gasteiger charge is -2.17. The van der Waals surface area contributed by atoms with Crippen LogP contribution in [-0.2, 0) is 12.8 Å². The summed E-state index contributed by atoms with van der Waals surface area (Å²) in [5.41, 5.74) is 8.61. The van der Waals surface area contributed by atoms with E-state index in [4.69, 9.17) is 10.5 Å². The Morgan fingerprint density at radius 1 is 1.19 bits per heavy atom. The van der Waals surface area contributed by atoms with Crippen molar-refractivity contribution in [3.8, 4) is 5.75 Å². The Morgan fingerprint density at radius 2 is 1.75 bits per heavy atom. The van der Waals surface area contributed by atoms with Gasteiger partial charge in [-0.05, 0) is 36.8 Å². The molecule has 0 heterocycles. The number of para-hydroxylation sites is 1. The van der Waals surface area contributed by atoms with Crippen molar-refractivity contribution in [3.05, 3.63) is 29.3 Å². The van der Waals surface area contributed by atoms with Crippen molar-refractivity contribution in [2.45, 2.75) is 45.1 Å². The largest absolute Gasteiger partial charge is 0.491 e. The molecule has 0 spiro atoms. The quantitative estimate of drug-likeness (QED) is 0.826. The molecule has 2 heteroatoms. The first-order valence-corrected chi connectivity index (χ1v) is 6.21. The number of benzene rings is 1. The molecule has 0 aromatic heterocycles. The highest BCUT2D eigenvalue weighted by Crippen LogP contribution is 2.34. The van der Waals surface area contributed by atoms with Crippen molar-refractivity contribution >= 4 is 0 Å². The number of hydrogen-bond donors (Lipinski definition) is 1. The lowest BCUT2D eigenvalue weighted by atomic mass is 10.0.